The van der Waals surface area contributed by atoms with Gasteiger partial charge in [0.1, 0.15) is 5.82 Å². The first-order valence-electron chi connectivity index (χ1n) is 4.81. The van der Waals surface area contributed by atoms with E-state index in [4.69, 9.17) is 0 Å². The zero-order chi connectivity index (χ0) is 11.3. The van der Waals surface area contributed by atoms with Crippen LogP contribution in [0.2, 0.25) is 0 Å². The van der Waals surface area contributed by atoms with Crippen molar-refractivity contribution >= 4 is 5.91 Å². The minimum atomic E-state index is -0.499. The van der Waals surface area contributed by atoms with Gasteiger partial charge < -0.3 is 5.32 Å². The van der Waals surface area contributed by atoms with Crippen molar-refractivity contribution in [2.24, 2.45) is 0 Å². The summed E-state index contributed by atoms with van der Waals surface area (Å²) in [7, 11) is 0. The van der Waals surface area contributed by atoms with Crippen LogP contribution in [-0.2, 0) is 0 Å². The van der Waals surface area contributed by atoms with E-state index in [1.807, 2.05) is 6.92 Å². The quantitative estimate of drug-likeness (QED) is 0.755. The molecule has 15 heavy (non-hydrogen) atoms. The lowest BCUT2D eigenvalue weighted by atomic mass is 10.1. The van der Waals surface area contributed by atoms with E-state index in [2.05, 4.69) is 11.9 Å². The molecule has 0 fully saturated rings. The highest BCUT2D eigenvalue weighted by molar-refractivity contribution is 5.94. The Morgan fingerprint density at radius 2 is 2.27 bits per heavy atom. The van der Waals surface area contributed by atoms with Crippen molar-refractivity contribution in [1.82, 2.24) is 5.32 Å². The number of benzene rings is 1. The van der Waals surface area contributed by atoms with Gasteiger partial charge in [-0.05, 0) is 25.5 Å². The molecule has 1 atom stereocenters. The number of hydrogen-bond donors (Lipinski definition) is 1. The van der Waals surface area contributed by atoms with Crippen molar-refractivity contribution in [2.45, 2.75) is 19.4 Å². The minimum absolute atomic E-state index is 0.0328. The van der Waals surface area contributed by atoms with Crippen molar-refractivity contribution in [2.75, 3.05) is 0 Å². The fourth-order valence-electron chi connectivity index (χ4n) is 1.26. The van der Waals surface area contributed by atoms with E-state index in [0.717, 1.165) is 0 Å². The van der Waals surface area contributed by atoms with E-state index in [9.17, 15) is 9.18 Å². The second kappa shape index (κ2) is 5.29. The standard InChI is InChI=1S/C12H14FNO/c1-3-6-9(2)14-12(15)10-7-4-5-8-11(10)13/h3-5,7-9H,1,6H2,2H3,(H,14,15). The fourth-order valence-corrected chi connectivity index (χ4v) is 1.26. The van der Waals surface area contributed by atoms with Crippen LogP contribution in [0.3, 0.4) is 0 Å². The van der Waals surface area contributed by atoms with Crippen LogP contribution in [0.25, 0.3) is 0 Å². The summed E-state index contributed by atoms with van der Waals surface area (Å²) >= 11 is 0. The molecule has 1 amide bonds. The lowest BCUT2D eigenvalue weighted by Crippen LogP contribution is -2.32. The number of rotatable bonds is 4. The Kier molecular flexibility index (Phi) is 4.03. The third-order valence-corrected chi connectivity index (χ3v) is 2.02. The molecule has 0 aliphatic heterocycles. The van der Waals surface area contributed by atoms with E-state index < -0.39 is 5.82 Å². The Labute approximate surface area is 88.8 Å². The first-order chi connectivity index (χ1) is 7.15. The summed E-state index contributed by atoms with van der Waals surface area (Å²) in [4.78, 5) is 11.6. The van der Waals surface area contributed by atoms with Crippen LogP contribution in [0.15, 0.2) is 36.9 Å². The molecule has 80 valence electrons. The van der Waals surface area contributed by atoms with Gasteiger partial charge in [0.15, 0.2) is 0 Å². The van der Waals surface area contributed by atoms with Crippen LogP contribution < -0.4 is 5.32 Å². The summed E-state index contributed by atoms with van der Waals surface area (Å²) in [6, 6.07) is 5.89. The SMILES string of the molecule is C=CCC(C)NC(=O)c1ccccc1F. The van der Waals surface area contributed by atoms with Crippen LogP contribution in [0.1, 0.15) is 23.7 Å². The largest absolute Gasteiger partial charge is 0.349 e. The van der Waals surface area contributed by atoms with Gasteiger partial charge in [0.2, 0.25) is 0 Å². The lowest BCUT2D eigenvalue weighted by Gasteiger charge is -2.11. The molecule has 0 saturated carbocycles. The topological polar surface area (TPSA) is 29.1 Å². The number of carbonyl (C=O) groups excluding carboxylic acids is 1. The first kappa shape index (κ1) is 11.4. The second-order valence-electron chi connectivity index (χ2n) is 3.38. The Hall–Kier alpha value is -1.64. The van der Waals surface area contributed by atoms with Gasteiger partial charge in [-0.25, -0.2) is 4.39 Å². The normalized spacial score (nSPS) is 11.9. The first-order valence-corrected chi connectivity index (χ1v) is 4.81. The van der Waals surface area contributed by atoms with Gasteiger partial charge in [-0.2, -0.15) is 0 Å². The Bertz CT molecular complexity index is 362. The summed E-state index contributed by atoms with van der Waals surface area (Å²) in [5, 5.41) is 2.69. The monoisotopic (exact) mass is 207 g/mol. The molecule has 1 rings (SSSR count). The van der Waals surface area contributed by atoms with Crippen molar-refractivity contribution in [3.63, 3.8) is 0 Å². The van der Waals surface area contributed by atoms with Crippen molar-refractivity contribution in [1.29, 1.82) is 0 Å². The molecule has 0 aromatic heterocycles. The summed E-state index contributed by atoms with van der Waals surface area (Å²) < 4.78 is 13.2. The Morgan fingerprint density at radius 3 is 2.87 bits per heavy atom. The average molecular weight is 207 g/mol. The fraction of sp³-hybridized carbons (Fsp3) is 0.250. The zero-order valence-corrected chi connectivity index (χ0v) is 8.66. The molecule has 0 radical (unpaired) electrons. The lowest BCUT2D eigenvalue weighted by molar-refractivity contribution is 0.0936. The molecule has 1 N–H and O–H groups in total. The van der Waals surface area contributed by atoms with Crippen LogP contribution in [0, 0.1) is 5.82 Å². The molecule has 3 heteroatoms. The van der Waals surface area contributed by atoms with Gasteiger partial charge in [-0.15, -0.1) is 6.58 Å². The molecular formula is C12H14FNO. The molecular weight excluding hydrogens is 193 g/mol. The highest BCUT2D eigenvalue weighted by atomic mass is 19.1. The third kappa shape index (κ3) is 3.20. The van der Waals surface area contributed by atoms with Gasteiger partial charge in [-0.3, -0.25) is 4.79 Å². The van der Waals surface area contributed by atoms with Crippen molar-refractivity contribution < 1.29 is 9.18 Å². The molecule has 0 heterocycles. The van der Waals surface area contributed by atoms with Gasteiger partial charge in [-0.1, -0.05) is 18.2 Å². The maximum atomic E-state index is 13.2. The summed E-state index contributed by atoms with van der Waals surface area (Å²) in [6.07, 6.45) is 2.38. The minimum Gasteiger partial charge on any atom is -0.349 e. The summed E-state index contributed by atoms with van der Waals surface area (Å²) in [5.41, 5.74) is 0.0772. The van der Waals surface area contributed by atoms with Crippen LogP contribution >= 0.6 is 0 Å². The molecule has 0 saturated heterocycles. The number of carbonyl (C=O) groups is 1. The second-order valence-corrected chi connectivity index (χ2v) is 3.38. The summed E-state index contributed by atoms with van der Waals surface area (Å²) in [6.45, 7) is 5.42. The molecule has 0 bridgehead atoms. The van der Waals surface area contributed by atoms with Crippen LogP contribution in [0.4, 0.5) is 4.39 Å². The van der Waals surface area contributed by atoms with E-state index >= 15 is 0 Å². The van der Waals surface area contributed by atoms with Crippen LogP contribution in [0.5, 0.6) is 0 Å². The number of nitrogens with one attached hydrogen (secondary N) is 1. The predicted octanol–water partition coefficient (Wildman–Crippen LogP) is 2.52. The van der Waals surface area contributed by atoms with Crippen molar-refractivity contribution in [3.05, 3.63) is 48.3 Å². The van der Waals surface area contributed by atoms with Crippen molar-refractivity contribution in [3.8, 4) is 0 Å². The highest BCUT2D eigenvalue weighted by Crippen LogP contribution is 2.06. The smallest absolute Gasteiger partial charge is 0.254 e. The molecule has 2 nitrogen and oxygen atoms in total. The van der Waals surface area contributed by atoms with E-state index in [1.165, 1.54) is 12.1 Å². The average Bonchev–Trinajstić information content (AvgIpc) is 2.18. The number of halogens is 1. The molecule has 0 spiro atoms. The van der Waals surface area contributed by atoms with Crippen LogP contribution in [-0.4, -0.2) is 11.9 Å². The maximum absolute atomic E-state index is 13.2. The highest BCUT2D eigenvalue weighted by Gasteiger charge is 2.12. The van der Waals surface area contributed by atoms with Gasteiger partial charge in [0.05, 0.1) is 5.56 Å². The predicted molar refractivity (Wildman–Crippen MR) is 58.1 cm³/mol. The van der Waals surface area contributed by atoms with E-state index in [-0.39, 0.29) is 17.5 Å². The third-order valence-electron chi connectivity index (χ3n) is 2.02. The zero-order valence-electron chi connectivity index (χ0n) is 8.66. The molecule has 1 aromatic rings. The van der Waals surface area contributed by atoms with Gasteiger partial charge in [0.25, 0.3) is 5.91 Å². The molecule has 1 unspecified atom stereocenters. The van der Waals surface area contributed by atoms with E-state index in [0.29, 0.717) is 6.42 Å². The van der Waals surface area contributed by atoms with Gasteiger partial charge >= 0.3 is 0 Å². The number of amides is 1. The summed E-state index contributed by atoms with van der Waals surface area (Å²) in [5.74, 6) is -0.886. The molecule has 0 aliphatic carbocycles. The Balaban J connectivity index is 2.69. The van der Waals surface area contributed by atoms with Gasteiger partial charge in [0, 0.05) is 6.04 Å². The Morgan fingerprint density at radius 1 is 1.60 bits per heavy atom. The maximum Gasteiger partial charge on any atom is 0.254 e. The number of hydrogen-bond acceptors (Lipinski definition) is 1. The molecule has 1 aromatic carbocycles. The van der Waals surface area contributed by atoms with E-state index in [1.54, 1.807) is 18.2 Å². The molecule has 0 aliphatic rings.